The van der Waals surface area contributed by atoms with E-state index in [-0.39, 0.29) is 17.5 Å². The van der Waals surface area contributed by atoms with Crippen molar-refractivity contribution in [3.63, 3.8) is 0 Å². The fraction of sp³-hybridized carbons (Fsp3) is 0.625. The molecule has 2 aliphatic heterocycles. The molecule has 0 saturated carbocycles. The average Bonchev–Trinajstić information content (AvgIpc) is 2.89. The Bertz CT molecular complexity index is 500. The average molecular weight is 312 g/mol. The zero-order valence-corrected chi connectivity index (χ0v) is 13.0. The van der Waals surface area contributed by atoms with Crippen molar-refractivity contribution < 1.29 is 19.0 Å². The van der Waals surface area contributed by atoms with Crippen molar-refractivity contribution in [3.8, 4) is 5.75 Å². The van der Waals surface area contributed by atoms with Crippen LogP contribution in [-0.2, 0) is 4.74 Å². The molecule has 1 aromatic rings. The molecule has 1 spiro atoms. The molecular weight excluding hydrogens is 291 g/mol. The number of hydrogen-bond donors (Lipinski definition) is 1. The lowest BCUT2D eigenvalue weighted by Crippen LogP contribution is -2.43. The molecule has 1 aromatic carbocycles. The van der Waals surface area contributed by atoms with E-state index < -0.39 is 11.9 Å². The highest BCUT2D eigenvalue weighted by Crippen LogP contribution is 2.39. The third kappa shape index (κ3) is 3.35. The third-order valence-electron chi connectivity index (χ3n) is 4.25. The zero-order chi connectivity index (χ0) is 14.9. The van der Waals surface area contributed by atoms with E-state index in [9.17, 15) is 9.50 Å². The first-order chi connectivity index (χ1) is 10.1. The van der Waals surface area contributed by atoms with Crippen LogP contribution in [-0.4, -0.2) is 34.9 Å². The van der Waals surface area contributed by atoms with Gasteiger partial charge in [0.15, 0.2) is 11.6 Å². The molecule has 3 rings (SSSR count). The van der Waals surface area contributed by atoms with Crippen molar-refractivity contribution in [2.75, 3.05) is 18.1 Å². The molecule has 0 aromatic heterocycles. The summed E-state index contributed by atoms with van der Waals surface area (Å²) in [5.74, 6) is 2.00. The van der Waals surface area contributed by atoms with Gasteiger partial charge in [-0.05, 0) is 36.8 Å². The summed E-state index contributed by atoms with van der Waals surface area (Å²) in [5, 5.41) is 9.47. The molecule has 3 atom stereocenters. The molecule has 116 valence electrons. The Labute approximate surface area is 128 Å². The topological polar surface area (TPSA) is 38.7 Å². The molecular formula is C16H21FO3S. The fourth-order valence-corrected chi connectivity index (χ4v) is 4.38. The quantitative estimate of drug-likeness (QED) is 0.929. The molecule has 0 radical (unpaired) electrons. The number of rotatable bonds is 3. The molecule has 1 N–H and O–H groups in total. The Morgan fingerprint density at radius 2 is 2.38 bits per heavy atom. The molecule has 5 heteroatoms. The van der Waals surface area contributed by atoms with Crippen molar-refractivity contribution in [1.29, 1.82) is 0 Å². The van der Waals surface area contributed by atoms with E-state index in [0.717, 1.165) is 30.8 Å². The van der Waals surface area contributed by atoms with Gasteiger partial charge in [0.2, 0.25) is 0 Å². The highest BCUT2D eigenvalue weighted by atomic mass is 32.2. The van der Waals surface area contributed by atoms with Gasteiger partial charge in [-0.15, -0.1) is 0 Å². The number of aliphatic hydroxyl groups is 1. The number of hydrogen-bond acceptors (Lipinski definition) is 4. The predicted octanol–water partition coefficient (Wildman–Crippen LogP) is 3.31. The third-order valence-corrected chi connectivity index (χ3v) is 5.47. The molecule has 2 heterocycles. The van der Waals surface area contributed by atoms with Gasteiger partial charge in [-0.3, -0.25) is 0 Å². The van der Waals surface area contributed by atoms with Crippen LogP contribution in [0.2, 0.25) is 0 Å². The molecule has 2 aliphatic rings. The maximum Gasteiger partial charge on any atom is 0.165 e. The van der Waals surface area contributed by atoms with Crippen LogP contribution in [0.25, 0.3) is 0 Å². The van der Waals surface area contributed by atoms with Crippen LogP contribution in [0.4, 0.5) is 4.39 Å². The van der Waals surface area contributed by atoms with E-state index >= 15 is 0 Å². The van der Waals surface area contributed by atoms with E-state index in [1.807, 2.05) is 11.8 Å². The van der Waals surface area contributed by atoms with Crippen LogP contribution in [0, 0.1) is 5.82 Å². The Morgan fingerprint density at radius 3 is 3.05 bits per heavy atom. The van der Waals surface area contributed by atoms with Crippen molar-refractivity contribution in [1.82, 2.24) is 0 Å². The van der Waals surface area contributed by atoms with Crippen molar-refractivity contribution in [2.24, 2.45) is 0 Å². The van der Waals surface area contributed by atoms with Gasteiger partial charge in [0.05, 0.1) is 18.3 Å². The summed E-state index contributed by atoms with van der Waals surface area (Å²) in [6.45, 7) is 2.30. The Hall–Kier alpha value is -0.780. The number of aliphatic hydroxyl groups excluding tert-OH is 1. The number of benzene rings is 1. The van der Waals surface area contributed by atoms with Crippen LogP contribution in [0.5, 0.6) is 5.75 Å². The minimum atomic E-state index is -0.671. The lowest BCUT2D eigenvalue weighted by Gasteiger charge is -2.37. The molecule has 3 nitrogen and oxygen atoms in total. The van der Waals surface area contributed by atoms with Gasteiger partial charge in [0, 0.05) is 18.6 Å². The van der Waals surface area contributed by atoms with Gasteiger partial charge >= 0.3 is 0 Å². The molecule has 2 unspecified atom stereocenters. The Morgan fingerprint density at radius 1 is 1.52 bits per heavy atom. The standard InChI is InChI=1S/C16H21FO3S/c1-11(18)12-2-3-15(14(17)8-12)20-13-4-6-19-16(9-13)5-7-21-10-16/h2-3,8,11,13,18H,4-7,9-10H2,1H3/t11-,13?,16?/m0/s1. The number of halogens is 1. The maximum absolute atomic E-state index is 14.1. The first-order valence-corrected chi connectivity index (χ1v) is 8.59. The highest BCUT2D eigenvalue weighted by Gasteiger charge is 2.41. The van der Waals surface area contributed by atoms with Crippen LogP contribution in [0.3, 0.4) is 0 Å². The lowest BCUT2D eigenvalue weighted by molar-refractivity contribution is -0.0964. The van der Waals surface area contributed by atoms with Crippen molar-refractivity contribution in [3.05, 3.63) is 29.6 Å². The lowest BCUT2D eigenvalue weighted by atomic mass is 9.91. The van der Waals surface area contributed by atoms with Gasteiger partial charge in [0.25, 0.3) is 0 Å². The summed E-state index contributed by atoms with van der Waals surface area (Å²) in [4.78, 5) is 0. The Kier molecular flexibility index (Phi) is 4.43. The fourth-order valence-electron chi connectivity index (χ4n) is 3.00. The largest absolute Gasteiger partial charge is 0.487 e. The monoisotopic (exact) mass is 312 g/mol. The first-order valence-electron chi connectivity index (χ1n) is 7.44. The SMILES string of the molecule is C[C@H](O)c1ccc(OC2CCOC3(CCSC3)C2)c(F)c1. The summed E-state index contributed by atoms with van der Waals surface area (Å²) in [6, 6.07) is 4.67. The van der Waals surface area contributed by atoms with E-state index in [1.165, 1.54) is 6.07 Å². The van der Waals surface area contributed by atoms with Crippen LogP contribution in [0.1, 0.15) is 37.9 Å². The van der Waals surface area contributed by atoms with Crippen molar-refractivity contribution >= 4 is 11.8 Å². The Balaban J connectivity index is 1.68. The van der Waals surface area contributed by atoms with Gasteiger partial charge in [-0.1, -0.05) is 6.07 Å². The predicted molar refractivity (Wildman–Crippen MR) is 81.3 cm³/mol. The van der Waals surface area contributed by atoms with E-state index in [4.69, 9.17) is 9.47 Å². The van der Waals surface area contributed by atoms with Crippen LogP contribution < -0.4 is 4.74 Å². The molecule has 0 bridgehead atoms. The second-order valence-corrected chi connectivity index (χ2v) is 7.04. The maximum atomic E-state index is 14.1. The van der Waals surface area contributed by atoms with Gasteiger partial charge < -0.3 is 14.6 Å². The second-order valence-electron chi connectivity index (χ2n) is 5.93. The highest BCUT2D eigenvalue weighted by molar-refractivity contribution is 7.99. The smallest absolute Gasteiger partial charge is 0.165 e. The first kappa shape index (κ1) is 15.1. The number of thioether (sulfide) groups is 1. The minimum absolute atomic E-state index is 0.00403. The molecule has 2 fully saturated rings. The summed E-state index contributed by atoms with van der Waals surface area (Å²) < 4.78 is 25.9. The molecule has 0 amide bonds. The van der Waals surface area contributed by atoms with E-state index in [0.29, 0.717) is 12.2 Å². The zero-order valence-electron chi connectivity index (χ0n) is 12.2. The van der Waals surface area contributed by atoms with E-state index in [2.05, 4.69) is 0 Å². The van der Waals surface area contributed by atoms with Crippen LogP contribution in [0.15, 0.2) is 18.2 Å². The van der Waals surface area contributed by atoms with Gasteiger partial charge in [-0.25, -0.2) is 4.39 Å². The van der Waals surface area contributed by atoms with Gasteiger partial charge in [0.1, 0.15) is 6.10 Å². The summed E-state index contributed by atoms with van der Waals surface area (Å²) in [5.41, 5.74) is 0.499. The summed E-state index contributed by atoms with van der Waals surface area (Å²) >= 11 is 1.91. The summed E-state index contributed by atoms with van der Waals surface area (Å²) in [6.07, 6.45) is 2.02. The van der Waals surface area contributed by atoms with Crippen molar-refractivity contribution in [2.45, 2.75) is 44.0 Å². The summed E-state index contributed by atoms with van der Waals surface area (Å²) in [7, 11) is 0. The molecule has 2 saturated heterocycles. The second kappa shape index (κ2) is 6.15. The number of ether oxygens (including phenoxy) is 2. The van der Waals surface area contributed by atoms with Gasteiger partial charge in [-0.2, -0.15) is 11.8 Å². The minimum Gasteiger partial charge on any atom is -0.487 e. The molecule has 21 heavy (non-hydrogen) atoms. The normalized spacial score (nSPS) is 30.5. The van der Waals surface area contributed by atoms with Crippen LogP contribution >= 0.6 is 11.8 Å². The molecule has 0 aliphatic carbocycles. The van der Waals surface area contributed by atoms with E-state index in [1.54, 1.807) is 19.1 Å².